The minimum Gasteiger partial charge on any atom is -0.301 e. The summed E-state index contributed by atoms with van der Waals surface area (Å²) in [6.07, 6.45) is 0. The Hall–Kier alpha value is -3.61. The number of amides is 1. The molecule has 0 spiro atoms. The number of fused-ring (bicyclic) bond motifs is 1. The molecule has 4 rings (SSSR count). The molecule has 0 aliphatic heterocycles. The van der Waals surface area contributed by atoms with E-state index >= 15 is 0 Å². The van der Waals surface area contributed by atoms with Gasteiger partial charge in [0.05, 0.1) is 12.1 Å². The second-order valence-corrected chi connectivity index (χ2v) is 6.99. The summed E-state index contributed by atoms with van der Waals surface area (Å²) in [5, 5.41) is 4.50. The molecule has 0 N–H and O–H groups in total. The number of anilines is 1. The number of hydrogen-bond acceptors (Lipinski definition) is 4. The van der Waals surface area contributed by atoms with Gasteiger partial charge < -0.3 is 4.90 Å². The Balaban J connectivity index is 1.78. The van der Waals surface area contributed by atoms with E-state index < -0.39 is 11.7 Å². The van der Waals surface area contributed by atoms with E-state index in [1.807, 2.05) is 51.1 Å². The summed E-state index contributed by atoms with van der Waals surface area (Å²) in [6, 6.07) is 15.4. The van der Waals surface area contributed by atoms with Gasteiger partial charge in [0.1, 0.15) is 5.82 Å². The predicted molar refractivity (Wildman–Crippen MR) is 108 cm³/mol. The van der Waals surface area contributed by atoms with Gasteiger partial charge in [-0.2, -0.15) is 4.98 Å². The van der Waals surface area contributed by atoms with Crippen molar-refractivity contribution in [3.05, 3.63) is 88.8 Å². The van der Waals surface area contributed by atoms with Gasteiger partial charge in [-0.05, 0) is 56.7 Å². The molecule has 0 radical (unpaired) electrons. The number of carbonyl (C=O) groups is 1. The average Bonchev–Trinajstić information content (AvgIpc) is 3.09. The summed E-state index contributed by atoms with van der Waals surface area (Å²) in [5.74, 6) is -0.114. The Morgan fingerprint density at radius 1 is 1.03 bits per heavy atom. The van der Waals surface area contributed by atoms with Crippen molar-refractivity contribution in [2.75, 3.05) is 4.90 Å². The van der Waals surface area contributed by atoms with E-state index in [1.165, 1.54) is 17.0 Å². The number of aromatic nitrogens is 4. The van der Waals surface area contributed by atoms with Crippen LogP contribution in [0.1, 0.15) is 33.1 Å². The van der Waals surface area contributed by atoms with Crippen molar-refractivity contribution in [1.29, 1.82) is 0 Å². The molecule has 0 saturated carbocycles. The smallest absolute Gasteiger partial charge is 0.261 e. The number of carbonyl (C=O) groups excluding carboxylic acids is 1. The van der Waals surface area contributed by atoms with Gasteiger partial charge in [-0.15, -0.1) is 5.10 Å². The molecule has 29 heavy (non-hydrogen) atoms. The van der Waals surface area contributed by atoms with E-state index in [0.29, 0.717) is 17.3 Å². The van der Waals surface area contributed by atoms with E-state index in [4.69, 9.17) is 0 Å². The lowest BCUT2D eigenvalue weighted by molar-refractivity contribution is 0.0980. The maximum Gasteiger partial charge on any atom is 0.261 e. The highest BCUT2D eigenvalue weighted by atomic mass is 19.1. The fourth-order valence-corrected chi connectivity index (χ4v) is 3.27. The van der Waals surface area contributed by atoms with Gasteiger partial charge in [0, 0.05) is 17.1 Å². The molecule has 6 nitrogen and oxygen atoms in total. The molecular weight excluding hydrogens is 369 g/mol. The minimum atomic E-state index is -0.564. The van der Waals surface area contributed by atoms with Crippen LogP contribution in [0.15, 0.2) is 54.6 Å². The summed E-state index contributed by atoms with van der Waals surface area (Å²) in [7, 11) is 0. The summed E-state index contributed by atoms with van der Waals surface area (Å²) < 4.78 is 15.9. The molecule has 0 aliphatic rings. The quantitative estimate of drug-likeness (QED) is 0.529. The highest BCUT2D eigenvalue weighted by molar-refractivity contribution is 6.06. The van der Waals surface area contributed by atoms with Gasteiger partial charge in [0.25, 0.3) is 11.7 Å². The molecule has 4 aromatic rings. The maximum atomic E-state index is 14.3. The molecule has 0 bridgehead atoms. The first-order valence-corrected chi connectivity index (χ1v) is 9.25. The molecule has 2 aromatic carbocycles. The standard InChI is InChI=1S/C22H20FN5O/c1-14-7-6-8-17(11-14)27(21(29)18-9-4-5-10-19(18)23)13-20-25-22-24-15(2)12-16(3)28(22)26-20/h4-12H,13H2,1-3H3. The SMILES string of the molecule is Cc1cccc(N(Cc2nc3nc(C)cc(C)n3n2)C(=O)c2ccccc2F)c1. The fourth-order valence-electron chi connectivity index (χ4n) is 3.27. The Labute approximate surface area is 167 Å². The van der Waals surface area contributed by atoms with Crippen LogP contribution in [0.25, 0.3) is 5.78 Å². The van der Waals surface area contributed by atoms with Crippen molar-refractivity contribution >= 4 is 17.4 Å². The van der Waals surface area contributed by atoms with E-state index in [2.05, 4.69) is 15.1 Å². The van der Waals surface area contributed by atoms with Gasteiger partial charge in [-0.25, -0.2) is 13.9 Å². The van der Waals surface area contributed by atoms with Crippen LogP contribution in [0, 0.1) is 26.6 Å². The topological polar surface area (TPSA) is 63.4 Å². The first kappa shape index (κ1) is 18.7. The van der Waals surface area contributed by atoms with Crippen molar-refractivity contribution in [2.24, 2.45) is 0 Å². The molecule has 0 aliphatic carbocycles. The van der Waals surface area contributed by atoms with Crippen LogP contribution < -0.4 is 4.90 Å². The van der Waals surface area contributed by atoms with Crippen molar-refractivity contribution < 1.29 is 9.18 Å². The van der Waals surface area contributed by atoms with Crippen molar-refractivity contribution in [3.8, 4) is 0 Å². The maximum absolute atomic E-state index is 14.3. The third kappa shape index (κ3) is 3.71. The Bertz CT molecular complexity index is 1220. The van der Waals surface area contributed by atoms with Crippen molar-refractivity contribution in [1.82, 2.24) is 19.6 Å². The van der Waals surface area contributed by atoms with E-state index in [1.54, 1.807) is 16.6 Å². The zero-order chi connectivity index (χ0) is 20.5. The predicted octanol–water partition coefficient (Wildman–Crippen LogP) is 4.04. The lowest BCUT2D eigenvalue weighted by Crippen LogP contribution is -2.31. The summed E-state index contributed by atoms with van der Waals surface area (Å²) in [4.78, 5) is 23.6. The number of nitrogens with zero attached hydrogens (tertiary/aromatic N) is 5. The molecule has 1 amide bonds. The molecule has 2 aromatic heterocycles. The van der Waals surface area contributed by atoms with Crippen molar-refractivity contribution in [3.63, 3.8) is 0 Å². The fraction of sp³-hybridized carbons (Fsp3) is 0.182. The highest BCUT2D eigenvalue weighted by Crippen LogP contribution is 2.22. The van der Waals surface area contributed by atoms with E-state index in [9.17, 15) is 9.18 Å². The average molecular weight is 389 g/mol. The summed E-state index contributed by atoms with van der Waals surface area (Å²) in [5.41, 5.74) is 3.38. The Morgan fingerprint density at radius 3 is 2.59 bits per heavy atom. The van der Waals surface area contributed by atoms with Crippen LogP contribution >= 0.6 is 0 Å². The first-order chi connectivity index (χ1) is 13.9. The highest BCUT2D eigenvalue weighted by Gasteiger charge is 2.23. The first-order valence-electron chi connectivity index (χ1n) is 9.25. The van der Waals surface area contributed by atoms with Crippen LogP contribution in [0.2, 0.25) is 0 Å². The zero-order valence-electron chi connectivity index (χ0n) is 16.4. The number of benzene rings is 2. The number of halogens is 1. The Morgan fingerprint density at radius 2 is 1.83 bits per heavy atom. The molecule has 0 saturated heterocycles. The van der Waals surface area contributed by atoms with Gasteiger partial charge in [-0.1, -0.05) is 24.3 Å². The van der Waals surface area contributed by atoms with Crippen LogP contribution in [0.3, 0.4) is 0 Å². The normalized spacial score (nSPS) is 11.0. The Kier molecular flexibility index (Phi) is 4.80. The minimum absolute atomic E-state index is 0.00270. The molecule has 0 unspecified atom stereocenters. The molecule has 146 valence electrons. The monoisotopic (exact) mass is 389 g/mol. The number of hydrogen-bond donors (Lipinski definition) is 0. The number of aryl methyl sites for hydroxylation is 3. The summed E-state index contributed by atoms with van der Waals surface area (Å²) in [6.45, 7) is 5.85. The molecule has 2 heterocycles. The largest absolute Gasteiger partial charge is 0.301 e. The van der Waals surface area contributed by atoms with Gasteiger partial charge >= 0.3 is 0 Å². The van der Waals surface area contributed by atoms with Crippen LogP contribution in [0.5, 0.6) is 0 Å². The zero-order valence-corrected chi connectivity index (χ0v) is 16.4. The van der Waals surface area contributed by atoms with Gasteiger partial charge in [0.2, 0.25) is 0 Å². The second-order valence-electron chi connectivity index (χ2n) is 6.99. The lowest BCUT2D eigenvalue weighted by atomic mass is 10.1. The van der Waals surface area contributed by atoms with E-state index in [0.717, 1.165) is 17.0 Å². The lowest BCUT2D eigenvalue weighted by Gasteiger charge is -2.22. The van der Waals surface area contributed by atoms with Crippen LogP contribution in [-0.4, -0.2) is 25.5 Å². The third-order valence-electron chi connectivity index (χ3n) is 4.62. The number of rotatable bonds is 4. The van der Waals surface area contributed by atoms with Gasteiger partial charge in [0.15, 0.2) is 5.82 Å². The third-order valence-corrected chi connectivity index (χ3v) is 4.62. The van der Waals surface area contributed by atoms with Crippen LogP contribution in [0.4, 0.5) is 10.1 Å². The molecule has 7 heteroatoms. The summed E-state index contributed by atoms with van der Waals surface area (Å²) >= 11 is 0. The van der Waals surface area contributed by atoms with Crippen LogP contribution in [-0.2, 0) is 6.54 Å². The van der Waals surface area contributed by atoms with Gasteiger partial charge in [-0.3, -0.25) is 4.79 Å². The second kappa shape index (κ2) is 7.43. The van der Waals surface area contributed by atoms with E-state index in [-0.39, 0.29) is 12.1 Å². The molecule has 0 atom stereocenters. The van der Waals surface area contributed by atoms with Crippen molar-refractivity contribution in [2.45, 2.75) is 27.3 Å². The molecule has 0 fully saturated rings. The molecular formula is C22H20FN5O.